The van der Waals surface area contributed by atoms with Crippen molar-refractivity contribution in [1.29, 1.82) is 0 Å². The van der Waals surface area contributed by atoms with E-state index in [9.17, 15) is 14.9 Å². The number of hydrogen-bond acceptors (Lipinski definition) is 8. The fourth-order valence-corrected chi connectivity index (χ4v) is 3.61. The predicted molar refractivity (Wildman–Crippen MR) is 120 cm³/mol. The van der Waals surface area contributed by atoms with Crippen molar-refractivity contribution in [1.82, 2.24) is 9.97 Å². The van der Waals surface area contributed by atoms with Gasteiger partial charge < -0.3 is 23.9 Å². The summed E-state index contributed by atoms with van der Waals surface area (Å²) in [5, 5.41) is 12.6. The molecule has 0 saturated heterocycles. The van der Waals surface area contributed by atoms with E-state index >= 15 is 0 Å². The van der Waals surface area contributed by atoms with Gasteiger partial charge in [-0.05, 0) is 44.2 Å². The van der Waals surface area contributed by atoms with E-state index in [4.69, 9.17) is 18.9 Å². The third-order valence-electron chi connectivity index (χ3n) is 5.00. The number of pyridine rings is 1. The van der Waals surface area contributed by atoms with Crippen LogP contribution in [0, 0.1) is 17.0 Å². The molecule has 0 aliphatic carbocycles. The van der Waals surface area contributed by atoms with Crippen molar-refractivity contribution < 1.29 is 28.7 Å². The van der Waals surface area contributed by atoms with Gasteiger partial charge in [0.25, 0.3) is 5.69 Å². The summed E-state index contributed by atoms with van der Waals surface area (Å²) in [6.45, 7) is 3.67. The molecule has 2 aromatic heterocycles. The number of methoxy groups -OCH3 is 1. The lowest BCUT2D eigenvalue weighted by Crippen LogP contribution is -2.12. The highest BCUT2D eigenvalue weighted by atomic mass is 16.7. The Labute approximate surface area is 188 Å². The maximum Gasteiger partial charge on any atom is 0.515 e. The lowest BCUT2D eigenvalue weighted by Gasteiger charge is -2.10. The Morgan fingerprint density at radius 1 is 1.15 bits per heavy atom. The van der Waals surface area contributed by atoms with Gasteiger partial charge in [0.15, 0.2) is 0 Å². The third kappa shape index (κ3) is 4.41. The van der Waals surface area contributed by atoms with Crippen LogP contribution in [-0.4, -0.2) is 34.8 Å². The summed E-state index contributed by atoms with van der Waals surface area (Å²) in [4.78, 5) is 30.0. The molecular formula is C23H21N3O7. The number of hydrogen-bond donors (Lipinski definition) is 1. The molecule has 10 heteroatoms. The van der Waals surface area contributed by atoms with Gasteiger partial charge in [-0.1, -0.05) is 0 Å². The average molecular weight is 451 g/mol. The summed E-state index contributed by atoms with van der Waals surface area (Å²) in [7, 11) is 1.54. The lowest BCUT2D eigenvalue weighted by atomic mass is 10.1. The molecule has 0 radical (unpaired) electrons. The second kappa shape index (κ2) is 9.13. The van der Waals surface area contributed by atoms with Crippen molar-refractivity contribution in [2.45, 2.75) is 20.5 Å². The number of nitrogens with zero attached hydrogens (tertiary/aromatic N) is 2. The molecule has 33 heavy (non-hydrogen) atoms. The van der Waals surface area contributed by atoms with Gasteiger partial charge in [-0.2, -0.15) is 0 Å². The summed E-state index contributed by atoms with van der Waals surface area (Å²) in [5.74, 6) is 1.10. The van der Waals surface area contributed by atoms with E-state index < -0.39 is 11.1 Å². The molecule has 0 spiro atoms. The highest BCUT2D eigenvalue weighted by Crippen LogP contribution is 2.36. The Hall–Kier alpha value is -4.18. The number of benzene rings is 2. The number of aryl methyl sites for hydroxylation is 1. The summed E-state index contributed by atoms with van der Waals surface area (Å²) >= 11 is 0. The van der Waals surface area contributed by atoms with Crippen LogP contribution in [0.3, 0.4) is 0 Å². The van der Waals surface area contributed by atoms with Crippen molar-refractivity contribution in [2.24, 2.45) is 0 Å². The van der Waals surface area contributed by atoms with Gasteiger partial charge in [-0.3, -0.25) is 10.1 Å². The van der Waals surface area contributed by atoms with Crippen LogP contribution < -0.4 is 9.47 Å². The van der Waals surface area contributed by atoms with Crippen LogP contribution in [0.5, 0.6) is 17.4 Å². The van der Waals surface area contributed by atoms with Crippen LogP contribution >= 0.6 is 0 Å². The second-order valence-electron chi connectivity index (χ2n) is 7.19. The lowest BCUT2D eigenvalue weighted by molar-refractivity contribution is -0.385. The van der Waals surface area contributed by atoms with E-state index in [1.54, 1.807) is 38.2 Å². The summed E-state index contributed by atoms with van der Waals surface area (Å²) < 4.78 is 21.4. The Morgan fingerprint density at radius 2 is 1.91 bits per heavy atom. The first kappa shape index (κ1) is 22.0. The molecule has 0 aliphatic heterocycles. The zero-order valence-corrected chi connectivity index (χ0v) is 18.2. The number of nitro benzene ring substituents is 1. The van der Waals surface area contributed by atoms with Crippen molar-refractivity contribution in [3.8, 4) is 17.4 Å². The van der Waals surface area contributed by atoms with Crippen LogP contribution in [0.15, 0.2) is 42.6 Å². The molecule has 0 atom stereocenters. The molecule has 4 aromatic rings. The van der Waals surface area contributed by atoms with E-state index in [1.165, 1.54) is 13.2 Å². The second-order valence-corrected chi connectivity index (χ2v) is 7.19. The molecule has 10 nitrogen and oxygen atoms in total. The number of rotatable bonds is 7. The summed E-state index contributed by atoms with van der Waals surface area (Å²) in [6.07, 6.45) is 0.725. The molecule has 0 unspecified atom stereocenters. The van der Waals surface area contributed by atoms with Gasteiger partial charge in [0.2, 0.25) is 5.88 Å². The number of nitrogens with one attached hydrogen (secondary N) is 1. The van der Waals surface area contributed by atoms with Crippen molar-refractivity contribution >= 4 is 33.6 Å². The smallest absolute Gasteiger partial charge is 0.457 e. The molecule has 170 valence electrons. The zero-order valence-electron chi connectivity index (χ0n) is 18.2. The number of H-pyrrole nitrogens is 1. The molecule has 0 saturated carbocycles. The number of fused-ring (bicyclic) bond motifs is 3. The number of carbonyl (C=O) groups is 1. The van der Waals surface area contributed by atoms with Crippen LogP contribution in [0.2, 0.25) is 0 Å². The fourth-order valence-electron chi connectivity index (χ4n) is 3.61. The molecule has 0 bridgehead atoms. The Morgan fingerprint density at radius 3 is 2.61 bits per heavy atom. The van der Waals surface area contributed by atoms with Crippen LogP contribution in [0.4, 0.5) is 10.5 Å². The Balaban J connectivity index is 1.77. The van der Waals surface area contributed by atoms with Gasteiger partial charge >= 0.3 is 6.16 Å². The van der Waals surface area contributed by atoms with Crippen LogP contribution in [0.1, 0.15) is 18.1 Å². The molecule has 0 amide bonds. The molecule has 2 heterocycles. The minimum Gasteiger partial charge on any atom is -0.457 e. The van der Waals surface area contributed by atoms with Gasteiger partial charge in [0.05, 0.1) is 35.4 Å². The predicted octanol–water partition coefficient (Wildman–Crippen LogP) is 5.41. The van der Waals surface area contributed by atoms with E-state index in [-0.39, 0.29) is 24.8 Å². The normalized spacial score (nSPS) is 11.0. The van der Waals surface area contributed by atoms with Gasteiger partial charge in [-0.15, -0.1) is 0 Å². The minimum atomic E-state index is -0.848. The summed E-state index contributed by atoms with van der Waals surface area (Å²) in [5.41, 5.74) is 2.67. The average Bonchev–Trinajstić information content (AvgIpc) is 3.13. The van der Waals surface area contributed by atoms with Gasteiger partial charge in [0, 0.05) is 35.0 Å². The van der Waals surface area contributed by atoms with Crippen LogP contribution in [0.25, 0.3) is 21.8 Å². The highest BCUT2D eigenvalue weighted by molar-refractivity contribution is 6.09. The molecule has 4 rings (SSSR count). The van der Waals surface area contributed by atoms with Crippen LogP contribution in [-0.2, 0) is 16.1 Å². The maximum atomic E-state index is 11.9. The molecular weight excluding hydrogens is 430 g/mol. The topological polar surface area (TPSA) is 126 Å². The Kier molecular flexibility index (Phi) is 6.09. The third-order valence-corrected chi connectivity index (χ3v) is 5.00. The molecule has 0 fully saturated rings. The van der Waals surface area contributed by atoms with Gasteiger partial charge in [0.1, 0.15) is 11.5 Å². The quantitative estimate of drug-likeness (QED) is 0.225. The number of carbonyl (C=O) groups excluding carboxylic acids is 1. The highest BCUT2D eigenvalue weighted by Gasteiger charge is 2.19. The SMILES string of the molecule is CCOC(=O)Oc1ncc2[nH]c3ccc(Oc4ccc([N+](=O)[O-])c(C)c4)cc3c2c1COC. The maximum absolute atomic E-state index is 11.9. The minimum absolute atomic E-state index is 0.0280. The monoisotopic (exact) mass is 451 g/mol. The van der Waals surface area contributed by atoms with Crippen molar-refractivity contribution in [3.05, 3.63) is 63.8 Å². The Bertz CT molecular complexity index is 1360. The van der Waals surface area contributed by atoms with E-state index in [1.807, 2.05) is 12.1 Å². The number of aromatic amines is 1. The largest absolute Gasteiger partial charge is 0.515 e. The zero-order chi connectivity index (χ0) is 23.5. The first-order valence-electron chi connectivity index (χ1n) is 10.1. The fraction of sp³-hybridized carbons (Fsp3) is 0.217. The summed E-state index contributed by atoms with van der Waals surface area (Å²) in [6, 6.07) is 10.0. The first-order chi connectivity index (χ1) is 15.9. The molecule has 0 aliphatic rings. The number of aromatic nitrogens is 2. The number of ether oxygens (including phenoxy) is 4. The standard InChI is InChI=1S/C23H21N3O7/c1-4-31-23(27)33-22-17(12-30-3)21-16-10-15(5-7-18(16)25-19(21)11-24-22)32-14-6-8-20(26(28)29)13(2)9-14/h5-11,25H,4,12H2,1-3H3. The molecule has 2 aromatic carbocycles. The van der Waals surface area contributed by atoms with E-state index in [0.717, 1.165) is 21.8 Å². The number of nitro groups is 1. The molecule has 1 N–H and O–H groups in total. The van der Waals surface area contributed by atoms with Crippen molar-refractivity contribution in [2.75, 3.05) is 13.7 Å². The van der Waals surface area contributed by atoms with E-state index in [2.05, 4.69) is 9.97 Å². The van der Waals surface area contributed by atoms with Gasteiger partial charge in [-0.25, -0.2) is 9.78 Å². The first-order valence-corrected chi connectivity index (χ1v) is 10.1. The van der Waals surface area contributed by atoms with Crippen molar-refractivity contribution in [3.63, 3.8) is 0 Å². The van der Waals surface area contributed by atoms with E-state index in [0.29, 0.717) is 22.6 Å².